The van der Waals surface area contributed by atoms with Gasteiger partial charge in [-0.3, -0.25) is 4.79 Å². The van der Waals surface area contributed by atoms with Gasteiger partial charge in [-0.15, -0.1) is 12.4 Å². The Morgan fingerprint density at radius 2 is 2.00 bits per heavy atom. The molecule has 2 aliphatic rings. The maximum Gasteiger partial charge on any atom is 0.227 e. The van der Waals surface area contributed by atoms with Crippen molar-refractivity contribution in [2.45, 2.75) is 32.2 Å². The van der Waals surface area contributed by atoms with E-state index in [1.54, 1.807) is 0 Å². The Labute approximate surface area is 138 Å². The molecule has 0 spiro atoms. The molecule has 1 aromatic carbocycles. The largest absolute Gasteiger partial charge is 0.494 e. The van der Waals surface area contributed by atoms with Crippen LogP contribution in [0.2, 0.25) is 0 Å². The van der Waals surface area contributed by atoms with Crippen LogP contribution in [0.4, 0.5) is 0 Å². The minimum absolute atomic E-state index is 0. The van der Waals surface area contributed by atoms with Crippen molar-refractivity contribution in [2.75, 3.05) is 19.7 Å². The molecular formula is C17H25ClN2O2. The number of nitrogens with two attached hydrogens (primary N) is 1. The zero-order chi connectivity index (χ0) is 14.8. The number of fused-ring (bicyclic) bond motifs is 1. The fraction of sp³-hybridized carbons (Fsp3) is 0.588. The molecule has 1 aliphatic heterocycles. The van der Waals surface area contributed by atoms with Crippen molar-refractivity contribution >= 4 is 18.3 Å². The minimum atomic E-state index is 0. The van der Waals surface area contributed by atoms with Crippen molar-refractivity contribution in [1.82, 2.24) is 4.90 Å². The number of rotatable bonds is 4. The topological polar surface area (TPSA) is 55.6 Å². The molecule has 3 unspecified atom stereocenters. The molecule has 3 rings (SSSR count). The molecule has 1 amide bonds. The van der Waals surface area contributed by atoms with Crippen molar-refractivity contribution in [3.8, 4) is 5.75 Å². The number of hydrogen-bond acceptors (Lipinski definition) is 3. The molecule has 2 N–H and O–H groups in total. The Morgan fingerprint density at radius 1 is 1.27 bits per heavy atom. The highest BCUT2D eigenvalue weighted by Crippen LogP contribution is 2.37. The van der Waals surface area contributed by atoms with Gasteiger partial charge in [-0.05, 0) is 49.3 Å². The van der Waals surface area contributed by atoms with Crippen LogP contribution in [0.3, 0.4) is 0 Å². The number of likely N-dealkylation sites (tertiary alicyclic amines) is 1. The molecule has 0 bridgehead atoms. The van der Waals surface area contributed by atoms with E-state index in [2.05, 4.69) is 0 Å². The Bertz CT molecular complexity index is 506. The number of nitrogens with zero attached hydrogens (tertiary/aromatic N) is 1. The smallest absolute Gasteiger partial charge is 0.227 e. The molecule has 122 valence electrons. The van der Waals surface area contributed by atoms with Gasteiger partial charge in [-0.2, -0.15) is 0 Å². The van der Waals surface area contributed by atoms with Crippen LogP contribution >= 0.6 is 12.4 Å². The first-order valence-electron chi connectivity index (χ1n) is 7.92. The van der Waals surface area contributed by atoms with Crippen LogP contribution in [0.5, 0.6) is 5.75 Å². The predicted octanol–water partition coefficient (Wildman–Crippen LogP) is 2.25. The Hall–Kier alpha value is -1.26. The first-order valence-corrected chi connectivity index (χ1v) is 7.92. The first kappa shape index (κ1) is 17.1. The summed E-state index contributed by atoms with van der Waals surface area (Å²) in [4.78, 5) is 14.4. The molecule has 1 aromatic rings. The number of ether oxygens (including phenoxy) is 1. The quantitative estimate of drug-likeness (QED) is 0.924. The number of carbonyl (C=O) groups excluding carboxylic acids is 1. The summed E-state index contributed by atoms with van der Waals surface area (Å²) < 4.78 is 5.42. The molecule has 1 heterocycles. The zero-order valence-corrected chi connectivity index (χ0v) is 13.8. The van der Waals surface area contributed by atoms with Crippen molar-refractivity contribution in [2.24, 2.45) is 17.6 Å². The lowest BCUT2D eigenvalue weighted by Crippen LogP contribution is -2.34. The van der Waals surface area contributed by atoms with E-state index >= 15 is 0 Å². The lowest BCUT2D eigenvalue weighted by atomic mass is 9.98. The van der Waals surface area contributed by atoms with E-state index in [0.717, 1.165) is 30.8 Å². The van der Waals surface area contributed by atoms with Gasteiger partial charge in [0, 0.05) is 19.1 Å². The summed E-state index contributed by atoms with van der Waals surface area (Å²) in [5.74, 6) is 2.23. The van der Waals surface area contributed by atoms with Crippen molar-refractivity contribution in [3.05, 3.63) is 29.8 Å². The fourth-order valence-corrected chi connectivity index (χ4v) is 3.67. The molecule has 0 radical (unpaired) electrons. The summed E-state index contributed by atoms with van der Waals surface area (Å²) in [6.07, 6.45) is 2.77. The van der Waals surface area contributed by atoms with Crippen LogP contribution in [0.15, 0.2) is 24.3 Å². The summed E-state index contributed by atoms with van der Waals surface area (Å²) in [5, 5.41) is 0. The zero-order valence-electron chi connectivity index (χ0n) is 13.0. The summed E-state index contributed by atoms with van der Waals surface area (Å²) in [6.45, 7) is 4.37. The predicted molar refractivity (Wildman–Crippen MR) is 89.3 cm³/mol. The van der Waals surface area contributed by atoms with Gasteiger partial charge in [0.15, 0.2) is 0 Å². The third-order valence-corrected chi connectivity index (χ3v) is 4.85. The highest BCUT2D eigenvalue weighted by atomic mass is 35.5. The van der Waals surface area contributed by atoms with Crippen LogP contribution in [-0.2, 0) is 11.2 Å². The van der Waals surface area contributed by atoms with Gasteiger partial charge < -0.3 is 15.4 Å². The number of benzene rings is 1. The summed E-state index contributed by atoms with van der Waals surface area (Å²) in [7, 11) is 0. The SMILES string of the molecule is CCOc1ccc(CC(=O)N2CC3CCC(N)C3C2)cc1.Cl. The Balaban J connectivity index is 0.00000176. The highest BCUT2D eigenvalue weighted by Gasteiger charge is 2.42. The molecule has 1 saturated heterocycles. The van der Waals surface area contributed by atoms with Crippen molar-refractivity contribution < 1.29 is 9.53 Å². The number of amides is 1. The van der Waals surface area contributed by atoms with Gasteiger partial charge in [-0.1, -0.05) is 12.1 Å². The second kappa shape index (κ2) is 7.34. The third-order valence-electron chi connectivity index (χ3n) is 4.85. The first-order chi connectivity index (χ1) is 10.2. The Morgan fingerprint density at radius 3 is 2.64 bits per heavy atom. The van der Waals surface area contributed by atoms with Crippen LogP contribution in [0.1, 0.15) is 25.3 Å². The van der Waals surface area contributed by atoms with Crippen LogP contribution in [0, 0.1) is 11.8 Å². The molecule has 4 nitrogen and oxygen atoms in total. The number of halogens is 1. The average molecular weight is 325 g/mol. The van der Waals surface area contributed by atoms with Gasteiger partial charge in [-0.25, -0.2) is 0 Å². The summed E-state index contributed by atoms with van der Waals surface area (Å²) in [5.41, 5.74) is 7.17. The lowest BCUT2D eigenvalue weighted by Gasteiger charge is -2.19. The van der Waals surface area contributed by atoms with Gasteiger partial charge in [0.1, 0.15) is 5.75 Å². The number of hydrogen-bond donors (Lipinski definition) is 1. The van der Waals surface area contributed by atoms with Crippen molar-refractivity contribution in [1.29, 1.82) is 0 Å². The van der Waals surface area contributed by atoms with E-state index < -0.39 is 0 Å². The van der Waals surface area contributed by atoms with Gasteiger partial charge >= 0.3 is 0 Å². The second-order valence-corrected chi connectivity index (χ2v) is 6.22. The molecular weight excluding hydrogens is 300 g/mol. The maximum atomic E-state index is 12.4. The second-order valence-electron chi connectivity index (χ2n) is 6.22. The Kier molecular flexibility index (Phi) is 5.70. The fourth-order valence-electron chi connectivity index (χ4n) is 3.67. The molecule has 3 atom stereocenters. The normalized spacial score (nSPS) is 26.5. The molecule has 22 heavy (non-hydrogen) atoms. The standard InChI is InChI=1S/C17H24N2O2.ClH/c1-2-21-14-6-3-12(4-7-14)9-17(20)19-10-13-5-8-16(18)15(13)11-19;/h3-4,6-7,13,15-16H,2,5,8-11,18H2,1H3;1H. The minimum Gasteiger partial charge on any atom is -0.494 e. The van der Waals surface area contributed by atoms with E-state index in [0.29, 0.717) is 30.9 Å². The third kappa shape index (κ3) is 3.55. The maximum absolute atomic E-state index is 12.4. The van der Waals surface area contributed by atoms with Gasteiger partial charge in [0.2, 0.25) is 5.91 Å². The average Bonchev–Trinajstić information content (AvgIpc) is 3.04. The monoisotopic (exact) mass is 324 g/mol. The van der Waals surface area contributed by atoms with E-state index in [1.165, 1.54) is 6.42 Å². The van der Waals surface area contributed by atoms with E-state index in [1.807, 2.05) is 36.1 Å². The molecule has 1 aliphatic carbocycles. The number of carbonyl (C=O) groups is 1. The van der Waals surface area contributed by atoms with E-state index in [4.69, 9.17) is 10.5 Å². The highest BCUT2D eigenvalue weighted by molar-refractivity contribution is 5.85. The van der Waals surface area contributed by atoms with E-state index in [9.17, 15) is 4.79 Å². The summed E-state index contributed by atoms with van der Waals surface area (Å²) >= 11 is 0. The molecule has 2 fully saturated rings. The van der Waals surface area contributed by atoms with E-state index in [-0.39, 0.29) is 18.3 Å². The van der Waals surface area contributed by atoms with Crippen molar-refractivity contribution in [3.63, 3.8) is 0 Å². The van der Waals surface area contributed by atoms with Crippen LogP contribution in [-0.4, -0.2) is 36.5 Å². The van der Waals surface area contributed by atoms with Gasteiger partial charge in [0.05, 0.1) is 13.0 Å². The summed E-state index contributed by atoms with van der Waals surface area (Å²) in [6, 6.07) is 8.11. The lowest BCUT2D eigenvalue weighted by molar-refractivity contribution is -0.129. The van der Waals surface area contributed by atoms with Crippen LogP contribution in [0.25, 0.3) is 0 Å². The van der Waals surface area contributed by atoms with Crippen LogP contribution < -0.4 is 10.5 Å². The molecule has 5 heteroatoms. The molecule has 1 saturated carbocycles. The van der Waals surface area contributed by atoms with Gasteiger partial charge in [0.25, 0.3) is 0 Å². The molecule has 0 aromatic heterocycles.